The van der Waals surface area contributed by atoms with Gasteiger partial charge in [0.25, 0.3) is 0 Å². The standard InChI is InChI=1S/C22H16N2O5P/c25-21(19-9-15-5-1-3-7-17(15)11-23-19)13-28-30(27)29-14-22(26)20-10-16-6-2-4-8-18(16)12-24-20/h1-12H,13-14H2/q+1. The lowest BCUT2D eigenvalue weighted by molar-refractivity contribution is 0.0872. The molecule has 0 saturated carbocycles. The third kappa shape index (κ3) is 4.60. The first kappa shape index (κ1) is 19.9. The molecule has 0 N–H and O–H groups in total. The van der Waals surface area contributed by atoms with Gasteiger partial charge in [-0.05, 0) is 22.9 Å². The normalized spacial score (nSPS) is 10.9. The minimum absolute atomic E-state index is 0.202. The zero-order valence-corrected chi connectivity index (χ0v) is 16.6. The Morgan fingerprint density at radius 2 is 1.10 bits per heavy atom. The van der Waals surface area contributed by atoms with Gasteiger partial charge in [0.2, 0.25) is 11.6 Å². The SMILES string of the molecule is O=C(CO[P+](=O)OCC(=O)c1cc2ccccc2cn1)c1cc2ccccc2cn1. The zero-order valence-electron chi connectivity index (χ0n) is 15.7. The van der Waals surface area contributed by atoms with Crippen LogP contribution in [-0.2, 0) is 13.6 Å². The number of hydrogen-bond donors (Lipinski definition) is 0. The zero-order chi connectivity index (χ0) is 20.9. The number of pyridine rings is 2. The molecule has 0 aliphatic heterocycles. The van der Waals surface area contributed by atoms with Gasteiger partial charge in [-0.3, -0.25) is 19.6 Å². The molecule has 0 amide bonds. The molecule has 0 saturated heterocycles. The Morgan fingerprint density at radius 3 is 1.53 bits per heavy atom. The summed E-state index contributed by atoms with van der Waals surface area (Å²) in [6.07, 6.45) is 3.18. The van der Waals surface area contributed by atoms with Crippen molar-refractivity contribution in [1.29, 1.82) is 0 Å². The lowest BCUT2D eigenvalue weighted by Crippen LogP contribution is -2.11. The summed E-state index contributed by atoms with van der Waals surface area (Å²) in [5, 5.41) is 3.55. The van der Waals surface area contributed by atoms with Crippen molar-refractivity contribution < 1.29 is 23.2 Å². The summed E-state index contributed by atoms with van der Waals surface area (Å²) < 4.78 is 21.8. The largest absolute Gasteiger partial charge is 0.698 e. The summed E-state index contributed by atoms with van der Waals surface area (Å²) in [6, 6.07) is 18.3. The maximum Gasteiger partial charge on any atom is 0.698 e. The first-order valence-corrected chi connectivity index (χ1v) is 10.2. The van der Waals surface area contributed by atoms with Crippen LogP contribution in [0.4, 0.5) is 0 Å². The van der Waals surface area contributed by atoms with Crippen molar-refractivity contribution in [3.05, 3.63) is 84.4 Å². The second-order valence-electron chi connectivity index (χ2n) is 6.45. The van der Waals surface area contributed by atoms with Gasteiger partial charge in [-0.25, -0.2) is 0 Å². The maximum atomic E-state index is 12.2. The Labute approximate surface area is 172 Å². The molecule has 8 heteroatoms. The van der Waals surface area contributed by atoms with E-state index in [4.69, 9.17) is 9.05 Å². The van der Waals surface area contributed by atoms with Crippen molar-refractivity contribution in [3.63, 3.8) is 0 Å². The molecule has 2 aromatic heterocycles. The molecule has 0 spiro atoms. The van der Waals surface area contributed by atoms with E-state index in [0.717, 1.165) is 21.5 Å². The van der Waals surface area contributed by atoms with Crippen molar-refractivity contribution in [2.75, 3.05) is 13.2 Å². The Hall–Kier alpha value is -3.38. The van der Waals surface area contributed by atoms with E-state index in [1.165, 1.54) is 0 Å². The molecule has 30 heavy (non-hydrogen) atoms. The van der Waals surface area contributed by atoms with Gasteiger partial charge in [0.15, 0.2) is 13.2 Å². The van der Waals surface area contributed by atoms with Crippen molar-refractivity contribution in [2.45, 2.75) is 0 Å². The van der Waals surface area contributed by atoms with Crippen LogP contribution in [0.25, 0.3) is 21.5 Å². The molecule has 4 aromatic rings. The molecule has 0 fully saturated rings. The maximum absolute atomic E-state index is 12.2. The van der Waals surface area contributed by atoms with Gasteiger partial charge in [-0.1, -0.05) is 48.5 Å². The minimum Gasteiger partial charge on any atom is -0.290 e. The van der Waals surface area contributed by atoms with Crippen LogP contribution in [0.3, 0.4) is 0 Å². The second kappa shape index (κ2) is 8.97. The van der Waals surface area contributed by atoms with Crippen LogP contribution in [0.2, 0.25) is 0 Å². The number of fused-ring (bicyclic) bond motifs is 2. The number of carbonyl (C=O) groups excluding carboxylic acids is 2. The molecule has 0 atom stereocenters. The van der Waals surface area contributed by atoms with Crippen LogP contribution < -0.4 is 0 Å². The van der Waals surface area contributed by atoms with Gasteiger partial charge in [0.05, 0.1) is 0 Å². The lowest BCUT2D eigenvalue weighted by atomic mass is 10.1. The number of carbonyl (C=O) groups is 2. The molecular formula is C22H16N2O5P+. The predicted molar refractivity (Wildman–Crippen MR) is 112 cm³/mol. The van der Waals surface area contributed by atoms with Crippen LogP contribution in [-0.4, -0.2) is 34.7 Å². The number of aromatic nitrogens is 2. The summed E-state index contributed by atoms with van der Waals surface area (Å²) in [4.78, 5) is 32.6. The number of Topliss-reactive ketones (excluding diaryl/α,β-unsaturated/α-hetero) is 2. The number of benzene rings is 2. The highest BCUT2D eigenvalue weighted by Gasteiger charge is 2.26. The minimum atomic E-state index is -2.64. The Morgan fingerprint density at radius 1 is 0.700 bits per heavy atom. The van der Waals surface area contributed by atoms with Gasteiger partial charge in [-0.2, -0.15) is 0 Å². The van der Waals surface area contributed by atoms with Gasteiger partial charge in [-0.15, -0.1) is 9.05 Å². The first-order chi connectivity index (χ1) is 14.6. The van der Waals surface area contributed by atoms with Crippen LogP contribution in [0.1, 0.15) is 21.0 Å². The number of nitrogens with zero attached hydrogens (tertiary/aromatic N) is 2. The topological polar surface area (TPSA) is 95.5 Å². The number of ketones is 2. The van der Waals surface area contributed by atoms with Crippen LogP contribution in [0.5, 0.6) is 0 Å². The Bertz CT molecular complexity index is 1180. The molecule has 148 valence electrons. The lowest BCUT2D eigenvalue weighted by Gasteiger charge is -2.00. The summed E-state index contributed by atoms with van der Waals surface area (Å²) in [5.74, 6) is -0.870. The third-order valence-corrected chi connectivity index (χ3v) is 5.12. The third-order valence-electron chi connectivity index (χ3n) is 4.44. The molecule has 0 aliphatic rings. The van der Waals surface area contributed by atoms with Crippen molar-refractivity contribution in [2.24, 2.45) is 0 Å². The molecule has 0 aliphatic carbocycles. The highest BCUT2D eigenvalue weighted by molar-refractivity contribution is 7.33. The van der Waals surface area contributed by atoms with Crippen molar-refractivity contribution in [3.8, 4) is 0 Å². The van der Waals surface area contributed by atoms with E-state index >= 15 is 0 Å². The molecule has 0 radical (unpaired) electrons. The molecule has 2 heterocycles. The Balaban J connectivity index is 1.30. The monoisotopic (exact) mass is 419 g/mol. The average Bonchev–Trinajstić information content (AvgIpc) is 2.80. The summed E-state index contributed by atoms with van der Waals surface area (Å²) in [5.41, 5.74) is 0.405. The van der Waals surface area contributed by atoms with Crippen molar-refractivity contribution >= 4 is 41.4 Å². The van der Waals surface area contributed by atoms with Crippen LogP contribution in [0, 0.1) is 0 Å². The number of hydrogen-bond acceptors (Lipinski definition) is 7. The highest BCUT2D eigenvalue weighted by atomic mass is 31.1. The fourth-order valence-electron chi connectivity index (χ4n) is 2.88. The highest BCUT2D eigenvalue weighted by Crippen LogP contribution is 2.24. The summed E-state index contributed by atoms with van der Waals surface area (Å²) in [6.45, 7) is -0.939. The van der Waals surface area contributed by atoms with Gasteiger partial charge in [0.1, 0.15) is 11.4 Å². The van der Waals surface area contributed by atoms with E-state index in [-0.39, 0.29) is 11.4 Å². The van der Waals surface area contributed by atoms with E-state index in [2.05, 4.69) is 9.97 Å². The fourth-order valence-corrected chi connectivity index (χ4v) is 3.40. The van der Waals surface area contributed by atoms with E-state index in [1.54, 1.807) is 24.5 Å². The van der Waals surface area contributed by atoms with E-state index in [0.29, 0.717) is 0 Å². The smallest absolute Gasteiger partial charge is 0.290 e. The van der Waals surface area contributed by atoms with E-state index < -0.39 is 33.0 Å². The Kier molecular flexibility index (Phi) is 5.95. The molecule has 2 aromatic carbocycles. The first-order valence-electron chi connectivity index (χ1n) is 9.09. The van der Waals surface area contributed by atoms with Gasteiger partial charge < -0.3 is 0 Å². The van der Waals surface area contributed by atoms with Gasteiger partial charge in [0, 0.05) is 27.7 Å². The number of rotatable bonds is 8. The molecule has 7 nitrogen and oxygen atoms in total. The molecule has 0 bridgehead atoms. The molecular weight excluding hydrogens is 403 g/mol. The fraction of sp³-hybridized carbons (Fsp3) is 0.0909. The summed E-state index contributed by atoms with van der Waals surface area (Å²) in [7, 11) is -2.64. The molecule has 0 unspecified atom stereocenters. The van der Waals surface area contributed by atoms with Crippen LogP contribution in [0.15, 0.2) is 73.1 Å². The van der Waals surface area contributed by atoms with Crippen LogP contribution >= 0.6 is 8.25 Å². The van der Waals surface area contributed by atoms with Gasteiger partial charge >= 0.3 is 8.25 Å². The van der Waals surface area contributed by atoms with E-state index in [1.807, 2.05) is 48.5 Å². The quantitative estimate of drug-likeness (QED) is 0.306. The second-order valence-corrected chi connectivity index (χ2v) is 7.41. The van der Waals surface area contributed by atoms with E-state index in [9.17, 15) is 14.2 Å². The molecule has 4 rings (SSSR count). The summed E-state index contributed by atoms with van der Waals surface area (Å²) >= 11 is 0. The average molecular weight is 419 g/mol. The predicted octanol–water partition coefficient (Wildman–Crippen LogP) is 4.54. The van der Waals surface area contributed by atoms with Crippen molar-refractivity contribution in [1.82, 2.24) is 9.97 Å².